The van der Waals surface area contributed by atoms with Crippen LogP contribution < -0.4 is 0 Å². The van der Waals surface area contributed by atoms with Crippen LogP contribution >= 0.6 is 23.1 Å². The van der Waals surface area contributed by atoms with Gasteiger partial charge >= 0.3 is 6.09 Å². The van der Waals surface area contributed by atoms with E-state index in [0.717, 1.165) is 28.3 Å². The van der Waals surface area contributed by atoms with Gasteiger partial charge in [-0.1, -0.05) is 6.92 Å². The second kappa shape index (κ2) is 7.13. The van der Waals surface area contributed by atoms with Gasteiger partial charge in [-0.15, -0.1) is 23.1 Å². The third-order valence-corrected chi connectivity index (χ3v) is 6.70. The van der Waals surface area contributed by atoms with Gasteiger partial charge in [0.2, 0.25) is 0 Å². The lowest BCUT2D eigenvalue weighted by Crippen LogP contribution is -2.47. The van der Waals surface area contributed by atoms with Gasteiger partial charge < -0.3 is 14.5 Å². The van der Waals surface area contributed by atoms with E-state index in [-0.39, 0.29) is 24.1 Å². The molecule has 0 bridgehead atoms. The van der Waals surface area contributed by atoms with Crippen LogP contribution in [-0.4, -0.2) is 59.8 Å². The molecule has 1 aromatic rings. The van der Waals surface area contributed by atoms with Gasteiger partial charge in [0.1, 0.15) is 6.10 Å². The fraction of sp³-hybridized carbons (Fsp3) is 0.625. The molecule has 3 rings (SSSR count). The number of cyclic esters (lactones) is 1. The van der Waals surface area contributed by atoms with Crippen molar-refractivity contribution >= 4 is 35.1 Å². The van der Waals surface area contributed by atoms with Gasteiger partial charge in [-0.25, -0.2) is 4.79 Å². The molecule has 23 heavy (non-hydrogen) atoms. The Morgan fingerprint density at radius 1 is 1.39 bits per heavy atom. The maximum atomic E-state index is 12.5. The summed E-state index contributed by atoms with van der Waals surface area (Å²) >= 11 is 3.21. The van der Waals surface area contributed by atoms with Gasteiger partial charge in [-0.3, -0.25) is 4.79 Å². The maximum absolute atomic E-state index is 12.5. The first-order chi connectivity index (χ1) is 11.1. The Hall–Kier alpha value is -1.21. The molecule has 1 atom stereocenters. The molecule has 3 heterocycles. The zero-order valence-corrected chi connectivity index (χ0v) is 15.1. The second-order valence-corrected chi connectivity index (χ2v) is 8.10. The number of carbonyl (C=O) groups is 2. The molecular weight excluding hydrogens is 332 g/mol. The Balaban J connectivity index is 1.56. The number of carbonyl (C=O) groups excluding carboxylic acids is 2. The van der Waals surface area contributed by atoms with E-state index in [1.807, 2.05) is 35.1 Å². The van der Waals surface area contributed by atoms with Crippen LogP contribution in [0.25, 0.3) is 0 Å². The van der Waals surface area contributed by atoms with Crippen molar-refractivity contribution in [2.75, 3.05) is 25.9 Å². The lowest BCUT2D eigenvalue weighted by molar-refractivity contribution is 0.0663. The topological polar surface area (TPSA) is 49.9 Å². The first-order valence-electron chi connectivity index (χ1n) is 8.02. The molecule has 0 aromatic carbocycles. The number of amides is 2. The second-order valence-electron chi connectivity index (χ2n) is 5.91. The van der Waals surface area contributed by atoms with Crippen molar-refractivity contribution in [2.24, 2.45) is 0 Å². The van der Waals surface area contributed by atoms with Crippen LogP contribution in [0.5, 0.6) is 0 Å². The van der Waals surface area contributed by atoms with Gasteiger partial charge in [-0.2, -0.15) is 0 Å². The van der Waals surface area contributed by atoms with E-state index in [1.54, 1.807) is 23.1 Å². The summed E-state index contributed by atoms with van der Waals surface area (Å²) in [5.41, 5.74) is 0. The minimum Gasteiger partial charge on any atom is -0.444 e. The van der Waals surface area contributed by atoms with Crippen molar-refractivity contribution in [3.63, 3.8) is 0 Å². The summed E-state index contributed by atoms with van der Waals surface area (Å²) in [6.07, 6.45) is 4.37. The lowest BCUT2D eigenvalue weighted by Gasteiger charge is -2.35. The molecule has 0 N–H and O–H groups in total. The van der Waals surface area contributed by atoms with E-state index < -0.39 is 0 Å². The van der Waals surface area contributed by atoms with E-state index in [9.17, 15) is 9.59 Å². The summed E-state index contributed by atoms with van der Waals surface area (Å²) in [7, 11) is 0. The first kappa shape index (κ1) is 16.6. The van der Waals surface area contributed by atoms with Crippen molar-refractivity contribution < 1.29 is 14.3 Å². The highest BCUT2D eigenvalue weighted by Crippen LogP contribution is 2.28. The molecule has 0 aliphatic carbocycles. The van der Waals surface area contributed by atoms with E-state index in [4.69, 9.17) is 4.74 Å². The first-order valence-corrected chi connectivity index (χ1v) is 10.1. The SMILES string of the molecule is CCC1CN(C2CCN(C(=O)c3ccc(SC)s3)CC2)C(=O)O1. The number of likely N-dealkylation sites (tertiary alicyclic amines) is 1. The highest BCUT2D eigenvalue weighted by Gasteiger charge is 2.37. The molecule has 5 nitrogen and oxygen atoms in total. The molecule has 0 saturated carbocycles. The summed E-state index contributed by atoms with van der Waals surface area (Å²) in [5.74, 6) is 0.115. The summed E-state index contributed by atoms with van der Waals surface area (Å²) in [4.78, 5) is 29.0. The fourth-order valence-corrected chi connectivity index (χ4v) is 4.65. The average Bonchev–Trinajstić information content (AvgIpc) is 3.20. The Morgan fingerprint density at radius 3 is 2.70 bits per heavy atom. The minimum atomic E-state index is -0.190. The number of thiophene rings is 1. The molecule has 1 unspecified atom stereocenters. The van der Waals surface area contributed by atoms with Crippen LogP contribution in [0.15, 0.2) is 16.3 Å². The minimum absolute atomic E-state index is 0.0262. The number of nitrogens with zero attached hydrogens (tertiary/aromatic N) is 2. The maximum Gasteiger partial charge on any atom is 0.410 e. The fourth-order valence-electron chi connectivity index (χ4n) is 3.13. The Kier molecular flexibility index (Phi) is 5.16. The molecule has 2 amide bonds. The van der Waals surface area contributed by atoms with Crippen LogP contribution in [0.2, 0.25) is 0 Å². The van der Waals surface area contributed by atoms with Crippen molar-refractivity contribution in [2.45, 2.75) is 42.5 Å². The number of piperidine rings is 1. The van der Waals surface area contributed by atoms with Gasteiger partial charge in [0.15, 0.2) is 0 Å². The molecule has 2 aliphatic rings. The van der Waals surface area contributed by atoms with Crippen molar-refractivity contribution in [1.82, 2.24) is 9.80 Å². The highest BCUT2D eigenvalue weighted by molar-refractivity contribution is 8.00. The summed E-state index contributed by atoms with van der Waals surface area (Å²) in [6.45, 7) is 4.13. The predicted molar refractivity (Wildman–Crippen MR) is 92.3 cm³/mol. The van der Waals surface area contributed by atoms with Crippen LogP contribution in [0.4, 0.5) is 4.79 Å². The van der Waals surface area contributed by atoms with Crippen molar-refractivity contribution in [3.05, 3.63) is 17.0 Å². The number of hydrogen-bond acceptors (Lipinski definition) is 5. The molecule has 2 fully saturated rings. The van der Waals surface area contributed by atoms with Crippen LogP contribution in [-0.2, 0) is 4.74 Å². The lowest BCUT2D eigenvalue weighted by atomic mass is 10.0. The van der Waals surface area contributed by atoms with E-state index in [2.05, 4.69) is 0 Å². The normalized spacial score (nSPS) is 22.5. The molecule has 2 aliphatic heterocycles. The number of rotatable bonds is 4. The quantitative estimate of drug-likeness (QED) is 0.779. The van der Waals surface area contributed by atoms with Gasteiger partial charge in [0.05, 0.1) is 15.6 Å². The van der Waals surface area contributed by atoms with Gasteiger partial charge in [0, 0.05) is 19.1 Å². The molecular formula is C16H22N2O3S2. The monoisotopic (exact) mass is 354 g/mol. The van der Waals surface area contributed by atoms with Crippen LogP contribution in [0, 0.1) is 0 Å². The van der Waals surface area contributed by atoms with Gasteiger partial charge in [0.25, 0.3) is 5.91 Å². The predicted octanol–water partition coefficient (Wildman–Crippen LogP) is 3.31. The Morgan fingerprint density at radius 2 is 2.13 bits per heavy atom. The zero-order chi connectivity index (χ0) is 16.4. The molecule has 2 saturated heterocycles. The molecule has 126 valence electrons. The van der Waals surface area contributed by atoms with Gasteiger partial charge in [-0.05, 0) is 37.7 Å². The van der Waals surface area contributed by atoms with E-state index in [0.29, 0.717) is 19.6 Å². The highest BCUT2D eigenvalue weighted by atomic mass is 32.2. The van der Waals surface area contributed by atoms with E-state index >= 15 is 0 Å². The number of hydrogen-bond donors (Lipinski definition) is 0. The smallest absolute Gasteiger partial charge is 0.410 e. The van der Waals surface area contributed by atoms with Crippen LogP contribution in [0.1, 0.15) is 35.9 Å². The molecule has 1 aromatic heterocycles. The third kappa shape index (κ3) is 3.50. The largest absolute Gasteiger partial charge is 0.444 e. The summed E-state index contributed by atoms with van der Waals surface area (Å²) < 4.78 is 6.50. The average molecular weight is 354 g/mol. The van der Waals surface area contributed by atoms with Crippen LogP contribution in [0.3, 0.4) is 0 Å². The number of thioether (sulfide) groups is 1. The Bertz CT molecular complexity index is 582. The van der Waals surface area contributed by atoms with E-state index in [1.165, 1.54) is 0 Å². The molecule has 0 spiro atoms. The summed E-state index contributed by atoms with van der Waals surface area (Å²) in [5, 5.41) is 0. The number of ether oxygens (including phenoxy) is 1. The van der Waals surface area contributed by atoms with Crippen molar-refractivity contribution in [3.8, 4) is 0 Å². The molecule has 0 radical (unpaired) electrons. The standard InChI is InChI=1S/C16H22N2O3S2/c1-3-12-10-18(16(20)21-12)11-6-8-17(9-7-11)15(19)13-4-5-14(22-2)23-13/h4-5,11-12H,3,6-10H2,1-2H3. The molecule has 7 heteroatoms. The Labute approximate surface area is 145 Å². The van der Waals surface area contributed by atoms with Crippen molar-refractivity contribution in [1.29, 1.82) is 0 Å². The zero-order valence-electron chi connectivity index (χ0n) is 13.5. The summed E-state index contributed by atoms with van der Waals surface area (Å²) in [6, 6.07) is 4.11. The third-order valence-electron chi connectivity index (χ3n) is 4.54.